The molecule has 0 amide bonds. The van der Waals surface area contributed by atoms with E-state index >= 15 is 0 Å². The standard InChI is InChI=1S/C9H13N2O7PS2.2C6H15N/c12-6-4(3-17-19(14,15)16)18-8(7(6)13)11-2-1-5(20)10-9(11)21;2*1-4-7(5-2)6-3/h1-2,4,6-8,12-13H,3H2,(H,10,20,21)(H2,14,15,16);2*4-6H2,1-3H3/t4-,6-,7-,8-;;/m1../s1. The zero-order valence-electron chi connectivity index (χ0n) is 21.6. The van der Waals surface area contributed by atoms with Crippen molar-refractivity contribution in [3.8, 4) is 0 Å². The number of aromatic nitrogens is 2. The van der Waals surface area contributed by atoms with Crippen LogP contribution in [0.2, 0.25) is 0 Å². The molecule has 2 rings (SSSR count). The number of nitrogens with one attached hydrogen (secondary N) is 3. The van der Waals surface area contributed by atoms with Gasteiger partial charge in [0.2, 0.25) is 0 Å². The Balaban J connectivity index is 0.000000680. The SMILES string of the molecule is CC[NH+](CC)CC.CC[NH+](CC)CC.O=P([O-])([O-])OC[C@H]1O[C@@H](n2ccc(=S)[nH]c2=S)[C@H](O)[C@@H]1O. The zero-order chi connectivity index (χ0) is 27.2. The number of H-pyrrole nitrogens is 1. The lowest BCUT2D eigenvalue weighted by Gasteiger charge is -2.30. The molecule has 0 aliphatic carbocycles. The van der Waals surface area contributed by atoms with E-state index in [1.54, 1.807) is 9.80 Å². The Bertz CT molecular complexity index is 836. The quantitative estimate of drug-likeness (QED) is 0.173. The van der Waals surface area contributed by atoms with E-state index in [0.717, 1.165) is 0 Å². The van der Waals surface area contributed by atoms with E-state index in [1.807, 2.05) is 0 Å². The Morgan fingerprint density at radius 1 is 1.00 bits per heavy atom. The normalized spacial score (nSPS) is 21.9. The fraction of sp³-hybridized carbons (Fsp3) is 0.810. The number of rotatable bonds is 10. The molecule has 35 heavy (non-hydrogen) atoms. The van der Waals surface area contributed by atoms with Crippen LogP contribution in [0.1, 0.15) is 47.8 Å². The van der Waals surface area contributed by atoms with Crippen LogP contribution in [-0.2, 0) is 13.8 Å². The van der Waals surface area contributed by atoms with Crippen molar-refractivity contribution in [3.63, 3.8) is 0 Å². The summed E-state index contributed by atoms with van der Waals surface area (Å²) in [5.41, 5.74) is 0. The Morgan fingerprint density at radius 2 is 1.46 bits per heavy atom. The molecule has 11 nitrogen and oxygen atoms in total. The molecule has 0 saturated carbocycles. The third kappa shape index (κ3) is 13.0. The molecule has 1 saturated heterocycles. The highest BCUT2D eigenvalue weighted by Crippen LogP contribution is 2.32. The maximum atomic E-state index is 10.4. The van der Waals surface area contributed by atoms with Crippen molar-refractivity contribution in [3.05, 3.63) is 21.7 Å². The monoisotopic (exact) mass is 558 g/mol. The number of aliphatic hydroxyl groups is 2. The van der Waals surface area contributed by atoms with Crippen LogP contribution in [0.4, 0.5) is 0 Å². The molecule has 1 fully saturated rings. The fourth-order valence-corrected chi connectivity index (χ4v) is 4.22. The van der Waals surface area contributed by atoms with E-state index < -0.39 is 39.0 Å². The minimum absolute atomic E-state index is 0.152. The van der Waals surface area contributed by atoms with Gasteiger partial charge < -0.3 is 48.6 Å². The molecule has 0 spiro atoms. The Kier molecular flexibility index (Phi) is 17.5. The molecule has 0 radical (unpaired) electrons. The summed E-state index contributed by atoms with van der Waals surface area (Å²) in [6.07, 6.45) is -3.62. The third-order valence-electron chi connectivity index (χ3n) is 5.86. The number of hydrogen-bond donors (Lipinski definition) is 5. The Hall–Kier alpha value is -0.570. The Morgan fingerprint density at radius 3 is 1.80 bits per heavy atom. The molecule has 14 heteroatoms. The van der Waals surface area contributed by atoms with Crippen molar-refractivity contribution in [1.29, 1.82) is 0 Å². The van der Waals surface area contributed by atoms with E-state index in [-0.39, 0.29) is 4.77 Å². The predicted molar refractivity (Wildman–Crippen MR) is 135 cm³/mol. The first kappa shape index (κ1) is 34.4. The van der Waals surface area contributed by atoms with Crippen LogP contribution in [-0.4, -0.2) is 84.0 Å². The molecule has 1 aromatic heterocycles. The minimum Gasteiger partial charge on any atom is -0.790 e. The van der Waals surface area contributed by atoms with Crippen LogP contribution in [0.5, 0.6) is 0 Å². The highest BCUT2D eigenvalue weighted by atomic mass is 32.1. The van der Waals surface area contributed by atoms with Crippen molar-refractivity contribution in [1.82, 2.24) is 9.55 Å². The van der Waals surface area contributed by atoms with Gasteiger partial charge in [0, 0.05) is 6.20 Å². The second-order valence-electron chi connectivity index (χ2n) is 7.93. The molecule has 0 bridgehead atoms. The summed E-state index contributed by atoms with van der Waals surface area (Å²) in [4.78, 5) is 26.9. The number of aliphatic hydroxyl groups excluding tert-OH is 2. The molecule has 1 aromatic rings. The number of ether oxygens (including phenoxy) is 1. The van der Waals surface area contributed by atoms with Gasteiger partial charge in [-0.05, 0) is 59.8 Å². The lowest BCUT2D eigenvalue weighted by Crippen LogP contribution is -3.11. The average molecular weight is 559 g/mol. The van der Waals surface area contributed by atoms with Gasteiger partial charge in [-0.15, -0.1) is 0 Å². The lowest BCUT2D eigenvalue weighted by molar-refractivity contribution is -0.894. The first-order chi connectivity index (χ1) is 16.4. The van der Waals surface area contributed by atoms with E-state index in [2.05, 4.69) is 51.1 Å². The number of phosphoric acid groups is 1. The maximum Gasteiger partial charge on any atom is 0.180 e. The number of nitrogens with zero attached hydrogens (tertiary/aromatic N) is 1. The van der Waals surface area contributed by atoms with Gasteiger partial charge >= 0.3 is 0 Å². The predicted octanol–water partition coefficient (Wildman–Crippen LogP) is -1.40. The van der Waals surface area contributed by atoms with Crippen LogP contribution in [0.3, 0.4) is 0 Å². The van der Waals surface area contributed by atoms with Gasteiger partial charge in [-0.1, -0.05) is 12.2 Å². The molecule has 2 heterocycles. The number of quaternary nitrogens is 2. The van der Waals surface area contributed by atoms with Crippen molar-refractivity contribution in [2.45, 2.75) is 66.1 Å². The van der Waals surface area contributed by atoms with Crippen molar-refractivity contribution < 1.29 is 43.6 Å². The van der Waals surface area contributed by atoms with E-state index in [4.69, 9.17) is 29.2 Å². The molecule has 4 atom stereocenters. The van der Waals surface area contributed by atoms with Crippen molar-refractivity contribution >= 4 is 32.3 Å². The van der Waals surface area contributed by atoms with E-state index in [0.29, 0.717) is 4.64 Å². The first-order valence-electron chi connectivity index (χ1n) is 12.0. The van der Waals surface area contributed by atoms with Gasteiger partial charge in [-0.25, -0.2) is 0 Å². The molecular formula is C21H43N4O7PS2. The molecule has 1 aliphatic heterocycles. The first-order valence-corrected chi connectivity index (χ1v) is 14.3. The van der Waals surface area contributed by atoms with E-state index in [9.17, 15) is 24.6 Å². The zero-order valence-corrected chi connectivity index (χ0v) is 24.1. The van der Waals surface area contributed by atoms with Crippen LogP contribution < -0.4 is 19.6 Å². The second kappa shape index (κ2) is 17.8. The number of aromatic amines is 1. The smallest absolute Gasteiger partial charge is 0.180 e. The van der Waals surface area contributed by atoms with Gasteiger partial charge in [-0.3, -0.25) is 4.57 Å². The summed E-state index contributed by atoms with van der Waals surface area (Å²) in [5.74, 6) is 0. The van der Waals surface area contributed by atoms with E-state index in [1.165, 1.54) is 56.1 Å². The maximum absolute atomic E-state index is 10.4. The summed E-state index contributed by atoms with van der Waals surface area (Å²) in [6, 6.07) is 1.50. The van der Waals surface area contributed by atoms with Gasteiger partial charge in [0.15, 0.2) is 11.0 Å². The van der Waals surface area contributed by atoms with Crippen molar-refractivity contribution in [2.75, 3.05) is 45.9 Å². The third-order valence-corrected chi connectivity index (χ3v) is 6.88. The highest BCUT2D eigenvalue weighted by Gasteiger charge is 2.43. The minimum atomic E-state index is -5.19. The van der Waals surface area contributed by atoms with Crippen LogP contribution in [0, 0.1) is 9.41 Å². The van der Waals surface area contributed by atoms with Gasteiger partial charge in [0.1, 0.15) is 23.0 Å². The molecular weight excluding hydrogens is 515 g/mol. The molecule has 1 aliphatic rings. The van der Waals surface area contributed by atoms with Crippen LogP contribution in [0.15, 0.2) is 12.3 Å². The number of hydrogen-bond acceptors (Lipinski definition) is 9. The van der Waals surface area contributed by atoms with Gasteiger partial charge in [-0.2, -0.15) is 0 Å². The average Bonchev–Trinajstić information content (AvgIpc) is 3.09. The van der Waals surface area contributed by atoms with Crippen molar-refractivity contribution in [2.24, 2.45) is 0 Å². The summed E-state index contributed by atoms with van der Waals surface area (Å²) in [7, 11) is -5.19. The highest BCUT2D eigenvalue weighted by molar-refractivity contribution is 7.72. The topological polar surface area (TPSA) is 152 Å². The summed E-state index contributed by atoms with van der Waals surface area (Å²) >= 11 is 9.91. The molecule has 0 aromatic carbocycles. The van der Waals surface area contributed by atoms with Gasteiger partial charge in [0.05, 0.1) is 53.7 Å². The molecule has 206 valence electrons. The second-order valence-corrected chi connectivity index (χ2v) is 9.91. The lowest BCUT2D eigenvalue weighted by atomic mass is 10.1. The molecule has 0 unspecified atom stereocenters. The summed E-state index contributed by atoms with van der Waals surface area (Å²) in [5, 5.41) is 19.7. The summed E-state index contributed by atoms with van der Waals surface area (Å²) in [6.45, 7) is 20.3. The fourth-order valence-electron chi connectivity index (χ4n) is 3.39. The van der Waals surface area contributed by atoms with Crippen LogP contribution in [0.25, 0.3) is 0 Å². The molecule has 5 N–H and O–H groups in total. The van der Waals surface area contributed by atoms with Crippen LogP contribution >= 0.6 is 32.3 Å². The van der Waals surface area contributed by atoms with Gasteiger partial charge in [0.25, 0.3) is 0 Å². The Labute approximate surface area is 218 Å². The largest absolute Gasteiger partial charge is 0.790 e. The number of phosphoric ester groups is 1. The summed E-state index contributed by atoms with van der Waals surface area (Å²) < 4.78 is 21.6.